The number of halogens is 3. The minimum absolute atomic E-state index is 0. The van der Waals surface area contributed by atoms with E-state index in [2.05, 4.69) is 9.97 Å². The number of rotatable bonds is 8. The molecular weight excluding hydrogens is 497 g/mol. The van der Waals surface area contributed by atoms with Gasteiger partial charge in [0.05, 0.1) is 26.8 Å². The third-order valence-electron chi connectivity index (χ3n) is 6.44. The van der Waals surface area contributed by atoms with Crippen molar-refractivity contribution in [2.24, 2.45) is 0 Å². The molecule has 0 fully saturated rings. The molecule has 9 heteroatoms. The maximum Gasteiger partial charge on any atom is 0.389 e. The molecule has 204 valence electrons. The summed E-state index contributed by atoms with van der Waals surface area (Å²) in [5.41, 5.74) is 2.25. The number of nitrogens with zero attached hydrogens (tertiary/aromatic N) is 1. The number of aromatic nitrogens is 2. The van der Waals surface area contributed by atoms with Crippen molar-refractivity contribution in [2.75, 3.05) is 21.3 Å². The van der Waals surface area contributed by atoms with Gasteiger partial charge in [0.2, 0.25) is 0 Å². The summed E-state index contributed by atoms with van der Waals surface area (Å²) < 4.78 is 55.7. The van der Waals surface area contributed by atoms with Gasteiger partial charge in [0.15, 0.2) is 11.5 Å². The van der Waals surface area contributed by atoms with Crippen LogP contribution in [-0.4, -0.2) is 37.5 Å². The van der Waals surface area contributed by atoms with E-state index in [-0.39, 0.29) is 31.7 Å². The van der Waals surface area contributed by atoms with Gasteiger partial charge in [-0.15, -0.1) is 0 Å². The average molecular weight is 531 g/mol. The summed E-state index contributed by atoms with van der Waals surface area (Å²) in [6.07, 6.45) is -5.55. The Morgan fingerprint density at radius 2 is 1.61 bits per heavy atom. The molecule has 0 aliphatic rings. The second-order valence-electron chi connectivity index (χ2n) is 9.20. The van der Waals surface area contributed by atoms with Crippen LogP contribution in [0, 0.1) is 0 Å². The average Bonchev–Trinajstić information content (AvgIpc) is 2.86. The number of alkyl halides is 3. The molecule has 2 aromatic carbocycles. The maximum absolute atomic E-state index is 13.4. The number of pyridine rings is 2. The SMILES string of the molecule is C.COc1ccc2nc(CCC(F)(F)F)c(Cc3c(=O)[nH]c(C(C)C)c4cc(OC)c(OC)cc34)cc2c1. The maximum atomic E-state index is 13.4. The van der Waals surface area contributed by atoms with E-state index in [0.717, 1.165) is 11.1 Å². The lowest BCUT2D eigenvalue weighted by atomic mass is 9.93. The highest BCUT2D eigenvalue weighted by Gasteiger charge is 2.28. The predicted molar refractivity (Wildman–Crippen MR) is 144 cm³/mol. The molecule has 0 saturated heterocycles. The number of aromatic amines is 1. The second kappa shape index (κ2) is 11.3. The third kappa shape index (κ3) is 5.87. The molecule has 38 heavy (non-hydrogen) atoms. The molecule has 0 aliphatic heterocycles. The van der Waals surface area contributed by atoms with Crippen LogP contribution in [0.2, 0.25) is 0 Å². The number of hydrogen-bond donors (Lipinski definition) is 1. The van der Waals surface area contributed by atoms with Crippen LogP contribution >= 0.6 is 0 Å². The normalized spacial score (nSPS) is 11.6. The van der Waals surface area contributed by atoms with Gasteiger partial charge in [-0.25, -0.2) is 0 Å². The lowest BCUT2D eigenvalue weighted by Crippen LogP contribution is -2.18. The first kappa shape index (κ1) is 28.8. The molecule has 2 heterocycles. The van der Waals surface area contributed by atoms with Crippen LogP contribution < -0.4 is 19.8 Å². The van der Waals surface area contributed by atoms with E-state index in [4.69, 9.17) is 14.2 Å². The van der Waals surface area contributed by atoms with Crippen molar-refractivity contribution in [1.29, 1.82) is 0 Å². The monoisotopic (exact) mass is 530 g/mol. The first-order valence-corrected chi connectivity index (χ1v) is 11.9. The van der Waals surface area contributed by atoms with Crippen molar-refractivity contribution in [3.63, 3.8) is 0 Å². The van der Waals surface area contributed by atoms with Crippen LogP contribution in [0.3, 0.4) is 0 Å². The summed E-state index contributed by atoms with van der Waals surface area (Å²) in [5.74, 6) is 1.58. The molecule has 2 aromatic heterocycles. The summed E-state index contributed by atoms with van der Waals surface area (Å²) in [5, 5.41) is 2.15. The molecule has 0 unspecified atom stereocenters. The van der Waals surface area contributed by atoms with Gasteiger partial charge in [-0.05, 0) is 59.7 Å². The minimum atomic E-state index is -4.33. The molecule has 0 spiro atoms. The number of benzene rings is 2. The number of nitrogens with one attached hydrogen (secondary N) is 1. The Balaban J connectivity index is 0.00000400. The fourth-order valence-electron chi connectivity index (χ4n) is 4.56. The van der Waals surface area contributed by atoms with Gasteiger partial charge >= 0.3 is 6.18 Å². The number of methoxy groups -OCH3 is 3. The molecule has 0 aliphatic carbocycles. The summed E-state index contributed by atoms with van der Waals surface area (Å²) in [6, 6.07) is 10.6. The van der Waals surface area contributed by atoms with Crippen LogP contribution in [0.25, 0.3) is 21.7 Å². The Labute approximate surface area is 219 Å². The van der Waals surface area contributed by atoms with Crippen molar-refractivity contribution in [1.82, 2.24) is 9.97 Å². The zero-order chi connectivity index (χ0) is 26.9. The van der Waals surface area contributed by atoms with Crippen molar-refractivity contribution in [2.45, 2.75) is 52.6 Å². The first-order valence-electron chi connectivity index (χ1n) is 11.9. The van der Waals surface area contributed by atoms with Gasteiger partial charge in [0, 0.05) is 40.6 Å². The van der Waals surface area contributed by atoms with Crippen molar-refractivity contribution < 1.29 is 27.4 Å². The van der Waals surface area contributed by atoms with E-state index >= 15 is 0 Å². The molecule has 0 atom stereocenters. The standard InChI is InChI=1S/C28H29F3N2O4.CH4/c1-15(2)26-20-14-25(37-5)24(36-4)13-19(20)21(27(34)33-26)12-17-10-16-11-18(35-3)6-7-22(16)32-23(17)8-9-28(29,30)31;/h6-7,10-11,13-15H,8-9,12H2,1-5H3,(H,33,34);1H4. The molecule has 0 saturated carbocycles. The topological polar surface area (TPSA) is 73.4 Å². The molecule has 0 bridgehead atoms. The Morgan fingerprint density at radius 1 is 0.947 bits per heavy atom. The number of hydrogen-bond acceptors (Lipinski definition) is 5. The van der Waals surface area contributed by atoms with E-state index in [0.29, 0.717) is 50.4 Å². The molecule has 6 nitrogen and oxygen atoms in total. The third-order valence-corrected chi connectivity index (χ3v) is 6.44. The summed E-state index contributed by atoms with van der Waals surface area (Å²) in [6.45, 7) is 3.94. The highest BCUT2D eigenvalue weighted by atomic mass is 19.4. The van der Waals surface area contributed by atoms with Gasteiger partial charge in [0.1, 0.15) is 5.75 Å². The van der Waals surface area contributed by atoms with Crippen LogP contribution in [-0.2, 0) is 12.8 Å². The van der Waals surface area contributed by atoms with Gasteiger partial charge in [-0.3, -0.25) is 9.78 Å². The van der Waals surface area contributed by atoms with Gasteiger partial charge in [-0.2, -0.15) is 13.2 Å². The first-order chi connectivity index (χ1) is 17.5. The molecule has 0 radical (unpaired) electrons. The lowest BCUT2D eigenvalue weighted by molar-refractivity contribution is -0.134. The summed E-state index contributed by atoms with van der Waals surface area (Å²) >= 11 is 0. The number of fused-ring (bicyclic) bond motifs is 2. The fourth-order valence-corrected chi connectivity index (χ4v) is 4.56. The smallest absolute Gasteiger partial charge is 0.389 e. The van der Waals surface area contributed by atoms with Crippen molar-refractivity contribution in [3.05, 3.63) is 69.3 Å². The van der Waals surface area contributed by atoms with Crippen LogP contribution in [0.15, 0.2) is 41.2 Å². The largest absolute Gasteiger partial charge is 0.497 e. The van der Waals surface area contributed by atoms with Crippen LogP contribution in [0.1, 0.15) is 56.1 Å². The number of H-pyrrole nitrogens is 1. The van der Waals surface area contributed by atoms with Crippen molar-refractivity contribution >= 4 is 21.7 Å². The van der Waals surface area contributed by atoms with Gasteiger partial charge in [-0.1, -0.05) is 21.3 Å². The fraction of sp³-hybridized carbons (Fsp3) is 0.379. The minimum Gasteiger partial charge on any atom is -0.497 e. The molecule has 4 aromatic rings. The Morgan fingerprint density at radius 3 is 2.18 bits per heavy atom. The zero-order valence-corrected chi connectivity index (χ0v) is 21.4. The number of ether oxygens (including phenoxy) is 3. The highest BCUT2D eigenvalue weighted by Crippen LogP contribution is 2.36. The van der Waals surface area contributed by atoms with E-state index < -0.39 is 12.6 Å². The van der Waals surface area contributed by atoms with E-state index in [9.17, 15) is 18.0 Å². The molecular formula is C29H33F3N2O4. The zero-order valence-electron chi connectivity index (χ0n) is 21.4. The van der Waals surface area contributed by atoms with Gasteiger partial charge in [0.25, 0.3) is 5.56 Å². The molecule has 4 rings (SSSR count). The van der Waals surface area contributed by atoms with Crippen LogP contribution in [0.5, 0.6) is 17.2 Å². The molecule has 1 N–H and O–H groups in total. The Hall–Kier alpha value is -3.75. The quantitative estimate of drug-likeness (QED) is 0.267. The predicted octanol–water partition coefficient (Wildman–Crippen LogP) is 6.95. The summed E-state index contributed by atoms with van der Waals surface area (Å²) in [4.78, 5) is 20.9. The van der Waals surface area contributed by atoms with Gasteiger partial charge < -0.3 is 19.2 Å². The Bertz CT molecular complexity index is 1510. The highest BCUT2D eigenvalue weighted by molar-refractivity contribution is 5.91. The summed E-state index contributed by atoms with van der Waals surface area (Å²) in [7, 11) is 4.58. The van der Waals surface area contributed by atoms with E-state index in [1.807, 2.05) is 19.9 Å². The van der Waals surface area contributed by atoms with E-state index in [1.165, 1.54) is 21.3 Å². The second-order valence-corrected chi connectivity index (χ2v) is 9.20. The van der Waals surface area contributed by atoms with Crippen molar-refractivity contribution in [3.8, 4) is 17.2 Å². The number of aryl methyl sites for hydroxylation is 1. The Kier molecular flexibility index (Phi) is 8.59. The lowest BCUT2D eigenvalue weighted by Gasteiger charge is -2.18. The van der Waals surface area contributed by atoms with Crippen LogP contribution in [0.4, 0.5) is 13.2 Å². The molecule has 0 amide bonds. The van der Waals surface area contributed by atoms with E-state index in [1.54, 1.807) is 30.3 Å².